The van der Waals surface area contributed by atoms with Crippen molar-refractivity contribution in [3.05, 3.63) is 60.3 Å². The normalized spacial score (nSPS) is 12.3. The molecule has 0 unspecified atom stereocenters. The summed E-state index contributed by atoms with van der Waals surface area (Å²) in [7, 11) is -4.08. The van der Waals surface area contributed by atoms with Gasteiger partial charge in [0.25, 0.3) is 10.0 Å². The van der Waals surface area contributed by atoms with Gasteiger partial charge >= 0.3 is 6.18 Å². The molecule has 0 aliphatic rings. The Morgan fingerprint density at radius 3 is 2.40 bits per heavy atom. The van der Waals surface area contributed by atoms with E-state index in [1.807, 2.05) is 0 Å². The Morgan fingerprint density at radius 1 is 1.00 bits per heavy atom. The molecule has 3 rings (SSSR count). The lowest BCUT2D eigenvalue weighted by Gasteiger charge is -2.15. The van der Waals surface area contributed by atoms with E-state index in [0.717, 1.165) is 12.1 Å². The van der Waals surface area contributed by atoms with Gasteiger partial charge in [-0.25, -0.2) is 8.42 Å². The highest BCUT2D eigenvalue weighted by Gasteiger charge is 2.33. The largest absolute Gasteiger partial charge is 0.417 e. The summed E-state index contributed by atoms with van der Waals surface area (Å²) in [6, 6.07) is 10.2. The fourth-order valence-electron chi connectivity index (χ4n) is 2.43. The molecule has 130 valence electrons. The molecule has 9 heteroatoms. The number of fused-ring (bicyclic) bond motifs is 1. The fraction of sp³-hybridized carbons (Fsp3) is 0.0625. The second kappa shape index (κ2) is 5.92. The molecular formula is C16H12F3N3O2S. The number of benzene rings is 2. The lowest BCUT2D eigenvalue weighted by atomic mass is 10.1. The number of hydrogen-bond acceptors (Lipinski definition) is 4. The van der Waals surface area contributed by atoms with E-state index in [1.165, 1.54) is 36.5 Å². The summed E-state index contributed by atoms with van der Waals surface area (Å²) < 4.78 is 66.6. The predicted octanol–water partition coefficient (Wildman–Crippen LogP) is 3.64. The Hall–Kier alpha value is -2.81. The number of sulfonamides is 1. The van der Waals surface area contributed by atoms with Gasteiger partial charge in [-0.3, -0.25) is 9.71 Å². The van der Waals surface area contributed by atoms with E-state index in [9.17, 15) is 21.6 Å². The van der Waals surface area contributed by atoms with Gasteiger partial charge in [-0.2, -0.15) is 13.2 Å². The fourth-order valence-corrected chi connectivity index (χ4v) is 3.63. The first-order valence-corrected chi connectivity index (χ1v) is 8.51. The maximum Gasteiger partial charge on any atom is 0.417 e. The minimum atomic E-state index is -4.58. The molecule has 0 bridgehead atoms. The third-order valence-corrected chi connectivity index (χ3v) is 4.97. The first kappa shape index (κ1) is 17.0. The molecular weight excluding hydrogens is 355 g/mol. The smallest absolute Gasteiger partial charge is 0.398 e. The third-order valence-electron chi connectivity index (χ3n) is 3.53. The number of hydrogen-bond donors (Lipinski definition) is 2. The number of anilines is 2. The van der Waals surface area contributed by atoms with Crippen LogP contribution >= 0.6 is 0 Å². The molecule has 0 spiro atoms. The monoisotopic (exact) mass is 367 g/mol. The molecule has 0 saturated carbocycles. The van der Waals surface area contributed by atoms with Crippen molar-refractivity contribution < 1.29 is 21.6 Å². The lowest BCUT2D eigenvalue weighted by Crippen LogP contribution is -2.16. The Balaban J connectivity index is 2.14. The molecule has 5 nitrogen and oxygen atoms in total. The van der Waals surface area contributed by atoms with Crippen LogP contribution in [0.25, 0.3) is 10.9 Å². The highest BCUT2D eigenvalue weighted by molar-refractivity contribution is 7.93. The van der Waals surface area contributed by atoms with Gasteiger partial charge < -0.3 is 5.73 Å². The number of nitrogens with one attached hydrogen (secondary N) is 1. The zero-order valence-electron chi connectivity index (χ0n) is 12.6. The molecule has 0 radical (unpaired) electrons. The maximum absolute atomic E-state index is 13.1. The van der Waals surface area contributed by atoms with Crippen molar-refractivity contribution in [1.29, 1.82) is 0 Å². The van der Waals surface area contributed by atoms with Crippen LogP contribution in [0.15, 0.2) is 59.6 Å². The average Bonchev–Trinajstić information content (AvgIpc) is 2.54. The van der Waals surface area contributed by atoms with E-state index >= 15 is 0 Å². The predicted molar refractivity (Wildman–Crippen MR) is 88.4 cm³/mol. The van der Waals surface area contributed by atoms with Crippen molar-refractivity contribution in [3.8, 4) is 0 Å². The average molecular weight is 367 g/mol. The summed E-state index contributed by atoms with van der Waals surface area (Å²) >= 11 is 0. The van der Waals surface area contributed by atoms with E-state index in [1.54, 1.807) is 6.07 Å². The number of nitrogen functional groups attached to an aromatic ring is 1. The molecule has 0 saturated heterocycles. The lowest BCUT2D eigenvalue weighted by molar-refractivity contribution is -0.136. The van der Waals surface area contributed by atoms with Gasteiger partial charge in [0.2, 0.25) is 0 Å². The van der Waals surface area contributed by atoms with Crippen molar-refractivity contribution in [1.82, 2.24) is 4.98 Å². The van der Waals surface area contributed by atoms with E-state index < -0.39 is 21.8 Å². The van der Waals surface area contributed by atoms with Gasteiger partial charge in [0.15, 0.2) is 0 Å². The molecule has 0 fully saturated rings. The molecule has 0 atom stereocenters. The van der Waals surface area contributed by atoms with Crippen LogP contribution in [0.1, 0.15) is 5.56 Å². The summed E-state index contributed by atoms with van der Waals surface area (Å²) in [5.74, 6) is 0. The molecule has 3 N–H and O–H groups in total. The Labute approximate surface area is 141 Å². The molecule has 0 amide bonds. The number of halogens is 3. The number of nitrogens with two attached hydrogens (primary N) is 1. The van der Waals surface area contributed by atoms with Crippen molar-refractivity contribution >= 4 is 32.3 Å². The molecule has 0 aliphatic carbocycles. The number of para-hydroxylation sites is 1. The summed E-state index contributed by atoms with van der Waals surface area (Å²) in [5.41, 5.74) is 4.64. The Morgan fingerprint density at radius 2 is 1.72 bits per heavy atom. The minimum absolute atomic E-state index is 0.0270. The highest BCUT2D eigenvalue weighted by atomic mass is 32.2. The number of alkyl halides is 3. The molecule has 2 aromatic carbocycles. The van der Waals surface area contributed by atoms with Crippen molar-refractivity contribution in [2.45, 2.75) is 11.1 Å². The quantitative estimate of drug-likeness (QED) is 0.692. The topological polar surface area (TPSA) is 85.1 Å². The van der Waals surface area contributed by atoms with Gasteiger partial charge in [-0.05, 0) is 30.3 Å². The number of pyridine rings is 1. The number of rotatable bonds is 3. The van der Waals surface area contributed by atoms with Gasteiger partial charge in [0.1, 0.15) is 4.90 Å². The number of aromatic nitrogens is 1. The minimum Gasteiger partial charge on any atom is -0.398 e. The van der Waals surface area contributed by atoms with Gasteiger partial charge in [-0.15, -0.1) is 0 Å². The van der Waals surface area contributed by atoms with Gasteiger partial charge in [-0.1, -0.05) is 18.2 Å². The van der Waals surface area contributed by atoms with Crippen LogP contribution in [0.3, 0.4) is 0 Å². The Kier molecular flexibility index (Phi) is 4.03. The number of nitrogens with zero attached hydrogens (tertiary/aromatic N) is 1. The summed E-state index contributed by atoms with van der Waals surface area (Å²) in [6.45, 7) is 0. The first-order valence-electron chi connectivity index (χ1n) is 7.02. The highest BCUT2D eigenvalue weighted by Crippen LogP contribution is 2.37. The van der Waals surface area contributed by atoms with E-state index in [-0.39, 0.29) is 27.2 Å². The van der Waals surface area contributed by atoms with Gasteiger partial charge in [0, 0.05) is 11.6 Å². The maximum atomic E-state index is 13.1. The standard InChI is InChI=1S/C16H12F3N3O2S/c17-16(18,19)11-7-8-13(15-10(11)4-3-9-21-15)22-25(23,24)14-6-2-1-5-12(14)20/h1-9,22H,20H2. The summed E-state index contributed by atoms with van der Waals surface area (Å²) in [6.07, 6.45) is -3.29. The van der Waals surface area contributed by atoms with E-state index in [2.05, 4.69) is 9.71 Å². The van der Waals surface area contributed by atoms with E-state index in [0.29, 0.717) is 0 Å². The van der Waals surface area contributed by atoms with Crippen molar-refractivity contribution in [2.75, 3.05) is 10.5 Å². The summed E-state index contributed by atoms with van der Waals surface area (Å²) in [4.78, 5) is 3.73. The Bertz CT molecular complexity index is 1050. The molecule has 25 heavy (non-hydrogen) atoms. The van der Waals surface area contributed by atoms with Crippen LogP contribution in [-0.2, 0) is 16.2 Å². The van der Waals surface area contributed by atoms with Crippen LogP contribution < -0.4 is 10.5 Å². The second-order valence-electron chi connectivity index (χ2n) is 5.20. The third kappa shape index (κ3) is 3.22. The van der Waals surface area contributed by atoms with Gasteiger partial charge in [0.05, 0.1) is 22.5 Å². The van der Waals surface area contributed by atoms with Crippen LogP contribution in [0.2, 0.25) is 0 Å². The SMILES string of the molecule is Nc1ccccc1S(=O)(=O)Nc1ccc(C(F)(F)F)c2cccnc12. The molecule has 1 heterocycles. The van der Waals surface area contributed by atoms with Crippen molar-refractivity contribution in [2.24, 2.45) is 0 Å². The second-order valence-corrected chi connectivity index (χ2v) is 6.85. The zero-order valence-corrected chi connectivity index (χ0v) is 13.4. The van der Waals surface area contributed by atoms with Crippen LogP contribution in [0.4, 0.5) is 24.5 Å². The zero-order chi connectivity index (χ0) is 18.2. The van der Waals surface area contributed by atoms with E-state index in [4.69, 9.17) is 5.73 Å². The molecule has 3 aromatic rings. The molecule has 1 aromatic heterocycles. The van der Waals surface area contributed by atoms with Crippen LogP contribution in [-0.4, -0.2) is 13.4 Å². The molecule has 0 aliphatic heterocycles. The summed E-state index contributed by atoms with van der Waals surface area (Å²) in [5, 5.41) is -0.198. The van der Waals surface area contributed by atoms with Crippen LogP contribution in [0.5, 0.6) is 0 Å². The van der Waals surface area contributed by atoms with Crippen molar-refractivity contribution in [3.63, 3.8) is 0 Å². The van der Waals surface area contributed by atoms with Crippen LogP contribution in [0, 0.1) is 0 Å². The first-order chi connectivity index (χ1) is 11.7.